The molecule has 0 atom stereocenters. The van der Waals surface area contributed by atoms with E-state index in [2.05, 4.69) is 0 Å². The molecular weight excluding hydrogens is 538 g/mol. The van der Waals surface area contributed by atoms with Gasteiger partial charge in [0.15, 0.2) is 0 Å². The van der Waals surface area contributed by atoms with Gasteiger partial charge in [0.2, 0.25) is 0 Å². The van der Waals surface area contributed by atoms with Crippen LogP contribution in [-0.2, 0) is 12.4 Å². The number of benzene rings is 4. The van der Waals surface area contributed by atoms with Crippen molar-refractivity contribution in [2.75, 3.05) is 0 Å². The Kier molecular flexibility index (Phi) is 7.10. The lowest BCUT2D eigenvalue weighted by Gasteiger charge is -2.13. The van der Waals surface area contributed by atoms with Crippen LogP contribution >= 0.6 is 0 Å². The van der Waals surface area contributed by atoms with E-state index in [0.717, 1.165) is 46.5 Å². The van der Waals surface area contributed by atoms with E-state index in [1.807, 2.05) is 64.1 Å². The Morgan fingerprint density at radius 1 is 0.439 bits per heavy atom. The average Bonchev–Trinajstić information content (AvgIpc) is 3.28. The van der Waals surface area contributed by atoms with Crippen molar-refractivity contribution in [2.45, 2.75) is 40.0 Å². The fourth-order valence-corrected chi connectivity index (χ4v) is 5.30. The molecule has 0 aliphatic heterocycles. The monoisotopic (exact) mass is 564 g/mol. The number of rotatable bonds is 4. The molecule has 7 heteroatoms. The van der Waals surface area contributed by atoms with Crippen LogP contribution in [0.3, 0.4) is 0 Å². The summed E-state index contributed by atoms with van der Waals surface area (Å²) < 4.78 is 88.8. The summed E-state index contributed by atoms with van der Waals surface area (Å²) in [5, 5.41) is 0. The van der Waals surface area contributed by atoms with E-state index in [0.29, 0.717) is 22.3 Å². The second-order valence-electron chi connectivity index (χ2n) is 10.4. The van der Waals surface area contributed by atoms with Crippen LogP contribution in [0.15, 0.2) is 89.3 Å². The molecule has 1 heterocycles. The zero-order valence-electron chi connectivity index (χ0n) is 22.8. The molecule has 0 spiro atoms. The van der Waals surface area contributed by atoms with Gasteiger partial charge in [0.1, 0.15) is 11.5 Å². The molecule has 0 bridgehead atoms. The SMILES string of the molecule is Cc1cc(C)cc(-c2c(-c3cccc(C(F)(F)F)c3)oc(-c3cccc(C(F)(F)F)c3)c2-c2cc(C)cc(C)c2)c1. The molecule has 5 rings (SSSR count). The van der Waals surface area contributed by atoms with Gasteiger partial charge >= 0.3 is 12.4 Å². The van der Waals surface area contributed by atoms with E-state index in [4.69, 9.17) is 4.42 Å². The minimum absolute atomic E-state index is 0.141. The summed E-state index contributed by atoms with van der Waals surface area (Å²) in [7, 11) is 0. The van der Waals surface area contributed by atoms with Gasteiger partial charge in [-0.2, -0.15) is 26.3 Å². The van der Waals surface area contributed by atoms with Crippen molar-refractivity contribution in [1.29, 1.82) is 0 Å². The molecule has 0 N–H and O–H groups in total. The molecule has 0 saturated carbocycles. The van der Waals surface area contributed by atoms with Crippen LogP contribution < -0.4 is 0 Å². The van der Waals surface area contributed by atoms with Gasteiger partial charge in [-0.15, -0.1) is 0 Å². The zero-order valence-corrected chi connectivity index (χ0v) is 22.8. The first-order valence-corrected chi connectivity index (χ1v) is 12.9. The van der Waals surface area contributed by atoms with Crippen LogP contribution in [-0.4, -0.2) is 0 Å². The molecule has 0 radical (unpaired) electrons. The van der Waals surface area contributed by atoms with Gasteiger partial charge in [0, 0.05) is 22.3 Å². The van der Waals surface area contributed by atoms with Crippen molar-refractivity contribution < 1.29 is 30.8 Å². The van der Waals surface area contributed by atoms with Crippen molar-refractivity contribution in [3.05, 3.63) is 118 Å². The summed E-state index contributed by atoms with van der Waals surface area (Å²) in [6, 6.07) is 21.1. The molecule has 210 valence electrons. The maximum absolute atomic E-state index is 13.7. The molecule has 0 aliphatic rings. The van der Waals surface area contributed by atoms with Gasteiger partial charge in [-0.05, 0) is 63.1 Å². The average molecular weight is 565 g/mol. The summed E-state index contributed by atoms with van der Waals surface area (Å²) >= 11 is 0. The summed E-state index contributed by atoms with van der Waals surface area (Å²) in [6.07, 6.45) is -9.19. The maximum atomic E-state index is 13.7. The number of alkyl halides is 6. The van der Waals surface area contributed by atoms with Gasteiger partial charge in [0.25, 0.3) is 0 Å². The van der Waals surface area contributed by atoms with Crippen LogP contribution in [0.5, 0.6) is 0 Å². The smallest absolute Gasteiger partial charge is 0.416 e. The van der Waals surface area contributed by atoms with Crippen molar-refractivity contribution in [3.63, 3.8) is 0 Å². The number of hydrogen-bond donors (Lipinski definition) is 0. The van der Waals surface area contributed by atoms with Crippen molar-refractivity contribution in [3.8, 4) is 44.9 Å². The van der Waals surface area contributed by atoms with Crippen molar-refractivity contribution >= 4 is 0 Å². The maximum Gasteiger partial charge on any atom is 0.416 e. The Morgan fingerprint density at radius 3 is 1.10 bits per heavy atom. The zero-order chi connectivity index (χ0) is 29.7. The minimum Gasteiger partial charge on any atom is -0.455 e. The molecule has 4 aromatic carbocycles. The minimum atomic E-state index is -4.59. The van der Waals surface area contributed by atoms with Gasteiger partial charge in [-0.3, -0.25) is 0 Å². The van der Waals surface area contributed by atoms with Crippen LogP contribution in [0, 0.1) is 27.7 Å². The second-order valence-corrected chi connectivity index (χ2v) is 10.4. The number of halogens is 6. The molecule has 41 heavy (non-hydrogen) atoms. The Hall–Kier alpha value is -4.26. The van der Waals surface area contributed by atoms with Crippen LogP contribution in [0.2, 0.25) is 0 Å². The van der Waals surface area contributed by atoms with Gasteiger partial charge in [0.05, 0.1) is 11.1 Å². The summed E-state index contributed by atoms with van der Waals surface area (Å²) in [5.41, 5.74) is 4.69. The standard InChI is InChI=1S/C34H26F6O/c1-19-11-20(2)14-25(13-19)29-30(26-15-21(3)12-22(4)16-26)32(24-8-6-10-28(18-24)34(38,39)40)41-31(29)23-7-5-9-27(17-23)33(35,36)37/h5-18H,1-4H3. The van der Waals surface area contributed by atoms with Crippen molar-refractivity contribution in [2.24, 2.45) is 0 Å². The number of aryl methyl sites for hydroxylation is 4. The van der Waals surface area contributed by atoms with Crippen LogP contribution in [0.1, 0.15) is 33.4 Å². The summed E-state index contributed by atoms with van der Waals surface area (Å²) in [6.45, 7) is 7.63. The largest absolute Gasteiger partial charge is 0.455 e. The Labute approximate surface area is 234 Å². The quantitative estimate of drug-likeness (QED) is 0.198. The van der Waals surface area contributed by atoms with E-state index in [9.17, 15) is 26.3 Å². The fraction of sp³-hybridized carbons (Fsp3) is 0.176. The number of furan rings is 1. The molecule has 1 nitrogen and oxygen atoms in total. The summed E-state index contributed by atoms with van der Waals surface area (Å²) in [5.74, 6) is 0.283. The highest BCUT2D eigenvalue weighted by Crippen LogP contribution is 2.50. The first-order valence-electron chi connectivity index (χ1n) is 12.9. The highest BCUT2D eigenvalue weighted by molar-refractivity contribution is 6.00. The lowest BCUT2D eigenvalue weighted by molar-refractivity contribution is -0.138. The third kappa shape index (κ3) is 5.80. The lowest BCUT2D eigenvalue weighted by atomic mass is 9.88. The van der Waals surface area contributed by atoms with Crippen molar-refractivity contribution in [1.82, 2.24) is 0 Å². The molecule has 0 unspecified atom stereocenters. The Bertz CT molecular complexity index is 1590. The van der Waals surface area contributed by atoms with Crippen LogP contribution in [0.25, 0.3) is 44.9 Å². The topological polar surface area (TPSA) is 13.1 Å². The molecule has 5 aromatic rings. The predicted molar refractivity (Wildman–Crippen MR) is 149 cm³/mol. The Balaban J connectivity index is 1.94. The summed E-state index contributed by atoms with van der Waals surface area (Å²) in [4.78, 5) is 0. The second kappa shape index (κ2) is 10.3. The highest BCUT2D eigenvalue weighted by atomic mass is 19.4. The van der Waals surface area contributed by atoms with Gasteiger partial charge in [-0.25, -0.2) is 0 Å². The Morgan fingerprint density at radius 2 is 0.780 bits per heavy atom. The third-order valence-corrected chi connectivity index (χ3v) is 6.83. The van der Waals surface area contributed by atoms with Crippen LogP contribution in [0.4, 0.5) is 26.3 Å². The van der Waals surface area contributed by atoms with E-state index in [1.165, 1.54) is 24.3 Å². The molecule has 1 aromatic heterocycles. The van der Waals surface area contributed by atoms with Gasteiger partial charge < -0.3 is 4.42 Å². The normalized spacial score (nSPS) is 12.1. The lowest BCUT2D eigenvalue weighted by Crippen LogP contribution is -2.04. The van der Waals surface area contributed by atoms with Gasteiger partial charge in [-0.1, -0.05) is 82.9 Å². The molecular formula is C34H26F6O. The molecule has 0 saturated heterocycles. The van der Waals surface area contributed by atoms with E-state index >= 15 is 0 Å². The number of hydrogen-bond acceptors (Lipinski definition) is 1. The highest BCUT2D eigenvalue weighted by Gasteiger charge is 2.34. The predicted octanol–water partition coefficient (Wildman–Crippen LogP) is 11.2. The molecule has 0 fully saturated rings. The first-order chi connectivity index (χ1) is 19.2. The van der Waals surface area contributed by atoms with E-state index in [1.54, 1.807) is 0 Å². The fourth-order valence-electron chi connectivity index (χ4n) is 5.30. The molecule has 0 amide bonds. The van der Waals surface area contributed by atoms with E-state index < -0.39 is 23.5 Å². The third-order valence-electron chi connectivity index (χ3n) is 6.83. The van der Waals surface area contributed by atoms with E-state index in [-0.39, 0.29) is 22.6 Å². The molecule has 0 aliphatic carbocycles. The first kappa shape index (κ1) is 28.3.